The number of hydrogen-bond acceptors (Lipinski definition) is 3. The summed E-state index contributed by atoms with van der Waals surface area (Å²) >= 11 is 0. The van der Waals surface area contributed by atoms with Crippen molar-refractivity contribution in [3.63, 3.8) is 0 Å². The second-order valence-corrected chi connectivity index (χ2v) is 5.45. The van der Waals surface area contributed by atoms with Crippen LogP contribution in [0.4, 0.5) is 0 Å². The quantitative estimate of drug-likeness (QED) is 0.917. The summed E-state index contributed by atoms with van der Waals surface area (Å²) in [5.74, 6) is 0.950. The maximum atomic E-state index is 5.89. The van der Waals surface area contributed by atoms with Crippen LogP contribution in [0.3, 0.4) is 0 Å². The summed E-state index contributed by atoms with van der Waals surface area (Å²) in [7, 11) is 0. The highest BCUT2D eigenvalue weighted by molar-refractivity contribution is 5.85. The predicted octanol–water partition coefficient (Wildman–Crippen LogP) is 3.09. The van der Waals surface area contributed by atoms with E-state index in [9.17, 15) is 0 Å². The molecule has 3 rings (SSSR count). The number of piperazine rings is 1. The molecule has 1 N–H and O–H groups in total. The van der Waals surface area contributed by atoms with E-state index < -0.39 is 0 Å². The normalized spacial score (nSPS) is 15.1. The van der Waals surface area contributed by atoms with Crippen molar-refractivity contribution in [3.05, 3.63) is 65.7 Å². The zero-order chi connectivity index (χ0) is 14.3. The second kappa shape index (κ2) is 8.79. The lowest BCUT2D eigenvalue weighted by atomic mass is 10.2. The molecule has 2 aromatic carbocycles. The monoisotopic (exact) mass is 318 g/mol. The molecule has 1 fully saturated rings. The number of halogens is 1. The van der Waals surface area contributed by atoms with Crippen molar-refractivity contribution in [1.29, 1.82) is 0 Å². The Morgan fingerprint density at radius 3 is 2.41 bits per heavy atom. The number of hydrogen-bond donors (Lipinski definition) is 1. The van der Waals surface area contributed by atoms with Crippen LogP contribution in [0.5, 0.6) is 5.75 Å². The summed E-state index contributed by atoms with van der Waals surface area (Å²) in [6.07, 6.45) is 0. The molecule has 0 aliphatic carbocycles. The van der Waals surface area contributed by atoms with Gasteiger partial charge in [0.05, 0.1) is 0 Å². The van der Waals surface area contributed by atoms with Crippen molar-refractivity contribution in [2.45, 2.75) is 13.2 Å². The molecule has 1 heterocycles. The largest absolute Gasteiger partial charge is 0.489 e. The van der Waals surface area contributed by atoms with Gasteiger partial charge in [-0.25, -0.2) is 0 Å². The van der Waals surface area contributed by atoms with Crippen LogP contribution in [0.2, 0.25) is 0 Å². The average Bonchev–Trinajstić information content (AvgIpc) is 2.55. The fourth-order valence-corrected chi connectivity index (χ4v) is 2.60. The molecule has 0 amide bonds. The zero-order valence-corrected chi connectivity index (χ0v) is 13.5. The van der Waals surface area contributed by atoms with Gasteiger partial charge < -0.3 is 10.1 Å². The van der Waals surface area contributed by atoms with Crippen molar-refractivity contribution in [1.82, 2.24) is 10.2 Å². The van der Waals surface area contributed by atoms with E-state index in [-0.39, 0.29) is 12.4 Å². The topological polar surface area (TPSA) is 24.5 Å². The lowest BCUT2D eigenvalue weighted by Gasteiger charge is -2.27. The first-order valence-electron chi connectivity index (χ1n) is 7.59. The third-order valence-corrected chi connectivity index (χ3v) is 3.76. The van der Waals surface area contributed by atoms with Gasteiger partial charge in [-0.3, -0.25) is 4.90 Å². The number of ether oxygens (including phenoxy) is 1. The average molecular weight is 319 g/mol. The van der Waals surface area contributed by atoms with Gasteiger partial charge in [0, 0.05) is 32.7 Å². The molecule has 2 aromatic rings. The molecular formula is C18H23ClN2O. The minimum absolute atomic E-state index is 0. The number of benzene rings is 2. The molecule has 0 radical (unpaired) electrons. The fourth-order valence-electron chi connectivity index (χ4n) is 2.60. The number of nitrogens with one attached hydrogen (secondary N) is 1. The highest BCUT2D eigenvalue weighted by Crippen LogP contribution is 2.16. The summed E-state index contributed by atoms with van der Waals surface area (Å²) in [6, 6.07) is 18.7. The lowest BCUT2D eigenvalue weighted by Crippen LogP contribution is -2.42. The van der Waals surface area contributed by atoms with E-state index in [0.29, 0.717) is 6.61 Å². The first-order valence-corrected chi connectivity index (χ1v) is 7.59. The van der Waals surface area contributed by atoms with E-state index in [0.717, 1.165) is 38.5 Å². The van der Waals surface area contributed by atoms with E-state index >= 15 is 0 Å². The molecule has 1 aliphatic rings. The summed E-state index contributed by atoms with van der Waals surface area (Å²) in [4.78, 5) is 2.48. The summed E-state index contributed by atoms with van der Waals surface area (Å²) in [5.41, 5.74) is 2.52. The van der Waals surface area contributed by atoms with Crippen molar-refractivity contribution >= 4 is 12.4 Å². The van der Waals surface area contributed by atoms with E-state index in [1.807, 2.05) is 24.3 Å². The van der Waals surface area contributed by atoms with Gasteiger partial charge in [0.15, 0.2) is 0 Å². The van der Waals surface area contributed by atoms with Crippen molar-refractivity contribution in [2.75, 3.05) is 26.2 Å². The van der Waals surface area contributed by atoms with Crippen LogP contribution >= 0.6 is 12.4 Å². The third-order valence-electron chi connectivity index (χ3n) is 3.76. The smallest absolute Gasteiger partial charge is 0.120 e. The number of nitrogens with zero attached hydrogens (tertiary/aromatic N) is 1. The summed E-state index contributed by atoms with van der Waals surface area (Å²) < 4.78 is 5.89. The molecule has 0 unspecified atom stereocenters. The van der Waals surface area contributed by atoms with Crippen molar-refractivity contribution in [3.8, 4) is 5.75 Å². The molecule has 118 valence electrons. The first kappa shape index (κ1) is 16.8. The Labute approximate surface area is 138 Å². The Morgan fingerprint density at radius 2 is 1.64 bits per heavy atom. The van der Waals surface area contributed by atoms with Crippen LogP contribution in [0, 0.1) is 0 Å². The minimum Gasteiger partial charge on any atom is -0.489 e. The van der Waals surface area contributed by atoms with E-state index in [4.69, 9.17) is 4.74 Å². The maximum Gasteiger partial charge on any atom is 0.120 e. The van der Waals surface area contributed by atoms with Crippen LogP contribution in [0.1, 0.15) is 11.1 Å². The molecule has 1 saturated heterocycles. The Morgan fingerprint density at radius 1 is 0.909 bits per heavy atom. The van der Waals surface area contributed by atoms with Gasteiger partial charge in [-0.1, -0.05) is 42.5 Å². The number of rotatable bonds is 5. The maximum absolute atomic E-state index is 5.89. The van der Waals surface area contributed by atoms with Crippen molar-refractivity contribution in [2.24, 2.45) is 0 Å². The fraction of sp³-hybridized carbons (Fsp3) is 0.333. The molecule has 1 aliphatic heterocycles. The van der Waals surface area contributed by atoms with Crippen LogP contribution in [0.15, 0.2) is 54.6 Å². The van der Waals surface area contributed by atoms with Gasteiger partial charge in [0.25, 0.3) is 0 Å². The van der Waals surface area contributed by atoms with Crippen molar-refractivity contribution < 1.29 is 4.74 Å². The SMILES string of the molecule is Cl.c1ccc(COc2cccc(CN3CCNCC3)c2)cc1. The Kier molecular flexibility index (Phi) is 6.72. The van der Waals surface area contributed by atoms with Crippen LogP contribution < -0.4 is 10.1 Å². The zero-order valence-electron chi connectivity index (χ0n) is 12.7. The van der Waals surface area contributed by atoms with Gasteiger partial charge in [-0.2, -0.15) is 0 Å². The van der Waals surface area contributed by atoms with Crippen LogP contribution in [-0.2, 0) is 13.2 Å². The van der Waals surface area contributed by atoms with E-state index in [1.165, 1.54) is 11.1 Å². The van der Waals surface area contributed by atoms with Gasteiger partial charge in [-0.15, -0.1) is 12.4 Å². The molecule has 0 spiro atoms. The predicted molar refractivity (Wildman–Crippen MR) is 92.6 cm³/mol. The molecule has 4 heteroatoms. The molecule has 22 heavy (non-hydrogen) atoms. The molecular weight excluding hydrogens is 296 g/mol. The Hall–Kier alpha value is -1.55. The Balaban J connectivity index is 0.00000176. The highest BCUT2D eigenvalue weighted by Gasteiger charge is 2.10. The minimum atomic E-state index is 0. The lowest BCUT2D eigenvalue weighted by molar-refractivity contribution is 0.232. The standard InChI is InChI=1S/C18H22N2O.ClH/c1-2-5-16(6-3-1)15-21-18-8-4-7-17(13-18)14-20-11-9-19-10-12-20;/h1-8,13,19H,9-12,14-15H2;1H. The summed E-state index contributed by atoms with van der Waals surface area (Å²) in [5, 5.41) is 3.38. The van der Waals surface area contributed by atoms with Gasteiger partial charge in [0.2, 0.25) is 0 Å². The van der Waals surface area contributed by atoms with Gasteiger partial charge >= 0.3 is 0 Å². The van der Waals surface area contributed by atoms with Crippen LogP contribution in [0.25, 0.3) is 0 Å². The third kappa shape index (κ3) is 5.02. The molecule has 0 atom stereocenters. The van der Waals surface area contributed by atoms with E-state index in [2.05, 4.69) is 40.5 Å². The highest BCUT2D eigenvalue weighted by atomic mass is 35.5. The molecule has 0 aromatic heterocycles. The Bertz CT molecular complexity index is 556. The first-order chi connectivity index (χ1) is 10.4. The molecule has 0 saturated carbocycles. The van der Waals surface area contributed by atoms with E-state index in [1.54, 1.807) is 0 Å². The van der Waals surface area contributed by atoms with Gasteiger partial charge in [0.1, 0.15) is 12.4 Å². The van der Waals surface area contributed by atoms with Gasteiger partial charge in [-0.05, 0) is 23.3 Å². The molecule has 3 nitrogen and oxygen atoms in total. The second-order valence-electron chi connectivity index (χ2n) is 5.45. The summed E-state index contributed by atoms with van der Waals surface area (Å²) in [6.45, 7) is 6.04. The van der Waals surface area contributed by atoms with Crippen LogP contribution in [-0.4, -0.2) is 31.1 Å². The molecule has 0 bridgehead atoms.